The molecule has 0 aromatic carbocycles. The summed E-state index contributed by atoms with van der Waals surface area (Å²) in [7, 11) is 0. The molecular formula is C8H13N3O5. The fraction of sp³-hybridized carbons (Fsp3) is 0.500. The van der Waals surface area contributed by atoms with Gasteiger partial charge in [-0.2, -0.15) is 0 Å². The fourth-order valence-electron chi connectivity index (χ4n) is 0.801. The van der Waals surface area contributed by atoms with E-state index in [0.29, 0.717) is 0 Å². The molecule has 0 aliphatic rings. The highest BCUT2D eigenvalue weighted by Gasteiger charge is 2.08. The average Bonchev–Trinajstić information content (AvgIpc) is 2.14. The van der Waals surface area contributed by atoms with E-state index in [4.69, 9.17) is 10.8 Å². The lowest BCUT2D eigenvalue weighted by Gasteiger charge is -2.04. The monoisotopic (exact) mass is 231 g/mol. The molecule has 0 heterocycles. The second-order valence-corrected chi connectivity index (χ2v) is 2.94. The number of urea groups is 1. The van der Waals surface area contributed by atoms with Crippen LogP contribution in [0.1, 0.15) is 19.3 Å². The van der Waals surface area contributed by atoms with Gasteiger partial charge in [0.1, 0.15) is 0 Å². The molecule has 90 valence electrons. The molecule has 8 heteroatoms. The van der Waals surface area contributed by atoms with Gasteiger partial charge < -0.3 is 16.2 Å². The first-order chi connectivity index (χ1) is 7.41. The van der Waals surface area contributed by atoms with E-state index in [-0.39, 0.29) is 25.8 Å². The number of nitrogens with two attached hydrogens (primary N) is 1. The van der Waals surface area contributed by atoms with Crippen LogP contribution in [0.3, 0.4) is 0 Å². The van der Waals surface area contributed by atoms with E-state index < -0.39 is 23.8 Å². The highest BCUT2D eigenvalue weighted by Crippen LogP contribution is 1.94. The first-order valence-corrected chi connectivity index (χ1v) is 4.49. The SMILES string of the molecule is NC(=O)CNC(=O)NC(=O)CCCC(=O)O. The number of hydrogen-bond acceptors (Lipinski definition) is 4. The molecule has 0 spiro atoms. The molecule has 0 aromatic heterocycles. The number of primary amides is 1. The number of hydrogen-bond donors (Lipinski definition) is 4. The van der Waals surface area contributed by atoms with Crippen molar-refractivity contribution in [1.29, 1.82) is 0 Å². The molecule has 0 bridgehead atoms. The molecule has 5 N–H and O–H groups in total. The first-order valence-electron chi connectivity index (χ1n) is 4.49. The predicted molar refractivity (Wildman–Crippen MR) is 52.2 cm³/mol. The van der Waals surface area contributed by atoms with Crippen LogP contribution in [0.15, 0.2) is 0 Å². The van der Waals surface area contributed by atoms with E-state index in [9.17, 15) is 19.2 Å². The summed E-state index contributed by atoms with van der Waals surface area (Å²) in [6.45, 7) is -0.367. The molecule has 0 aliphatic heterocycles. The second kappa shape index (κ2) is 7.21. The van der Waals surface area contributed by atoms with Gasteiger partial charge in [0.05, 0.1) is 6.54 Å². The van der Waals surface area contributed by atoms with E-state index in [1.165, 1.54) is 0 Å². The van der Waals surface area contributed by atoms with Crippen LogP contribution in [0, 0.1) is 0 Å². The zero-order chi connectivity index (χ0) is 12.6. The van der Waals surface area contributed by atoms with Gasteiger partial charge in [-0.25, -0.2) is 4.79 Å². The molecule has 4 amide bonds. The van der Waals surface area contributed by atoms with Gasteiger partial charge in [-0.15, -0.1) is 0 Å². The van der Waals surface area contributed by atoms with Crippen molar-refractivity contribution in [3.8, 4) is 0 Å². The third-order valence-electron chi connectivity index (χ3n) is 1.47. The molecule has 0 saturated carbocycles. The van der Waals surface area contributed by atoms with Gasteiger partial charge >= 0.3 is 12.0 Å². The van der Waals surface area contributed by atoms with E-state index in [2.05, 4.69) is 5.32 Å². The van der Waals surface area contributed by atoms with Gasteiger partial charge in [-0.05, 0) is 6.42 Å². The summed E-state index contributed by atoms with van der Waals surface area (Å²) >= 11 is 0. The Kier molecular flexibility index (Phi) is 6.25. The molecule has 0 aromatic rings. The standard InChI is InChI=1S/C8H13N3O5/c9-5(12)4-10-8(16)11-6(13)2-1-3-7(14)15/h1-4H2,(H2,9,12)(H,14,15)(H2,10,11,13,16). The maximum atomic E-state index is 11.0. The number of imide groups is 1. The van der Waals surface area contributed by atoms with Gasteiger partial charge in [-0.3, -0.25) is 19.7 Å². The summed E-state index contributed by atoms with van der Waals surface area (Å²) < 4.78 is 0. The fourth-order valence-corrected chi connectivity index (χ4v) is 0.801. The first kappa shape index (κ1) is 13.9. The molecule has 0 unspecified atom stereocenters. The van der Waals surface area contributed by atoms with E-state index in [1.807, 2.05) is 5.32 Å². The predicted octanol–water partition coefficient (Wildman–Crippen LogP) is -1.45. The smallest absolute Gasteiger partial charge is 0.321 e. The molecule has 0 atom stereocenters. The highest BCUT2D eigenvalue weighted by atomic mass is 16.4. The van der Waals surface area contributed by atoms with Crippen molar-refractivity contribution in [2.45, 2.75) is 19.3 Å². The average molecular weight is 231 g/mol. The molecule has 0 rings (SSSR count). The molecule has 0 aliphatic carbocycles. The van der Waals surface area contributed by atoms with Crippen molar-refractivity contribution >= 4 is 23.8 Å². The number of carbonyl (C=O) groups excluding carboxylic acids is 3. The highest BCUT2D eigenvalue weighted by molar-refractivity contribution is 5.95. The third kappa shape index (κ3) is 8.48. The Morgan fingerprint density at radius 1 is 1.12 bits per heavy atom. The molecule has 16 heavy (non-hydrogen) atoms. The molecular weight excluding hydrogens is 218 g/mol. The quantitative estimate of drug-likeness (QED) is 0.443. The van der Waals surface area contributed by atoms with Crippen molar-refractivity contribution in [2.75, 3.05) is 6.54 Å². The van der Waals surface area contributed by atoms with Crippen molar-refractivity contribution < 1.29 is 24.3 Å². The summed E-state index contributed by atoms with van der Waals surface area (Å²) in [6.07, 6.45) is -0.0725. The topological polar surface area (TPSA) is 139 Å². The Morgan fingerprint density at radius 2 is 1.75 bits per heavy atom. The van der Waals surface area contributed by atoms with E-state index in [0.717, 1.165) is 0 Å². The number of aliphatic carboxylic acids is 1. The van der Waals surface area contributed by atoms with Gasteiger partial charge in [0.2, 0.25) is 11.8 Å². The van der Waals surface area contributed by atoms with E-state index >= 15 is 0 Å². The lowest BCUT2D eigenvalue weighted by atomic mass is 10.2. The van der Waals surface area contributed by atoms with Crippen molar-refractivity contribution in [1.82, 2.24) is 10.6 Å². The largest absolute Gasteiger partial charge is 0.481 e. The Balaban J connectivity index is 3.66. The summed E-state index contributed by atoms with van der Waals surface area (Å²) in [5, 5.41) is 12.3. The molecule has 8 nitrogen and oxygen atoms in total. The van der Waals surface area contributed by atoms with Crippen LogP contribution in [0.5, 0.6) is 0 Å². The lowest BCUT2D eigenvalue weighted by Crippen LogP contribution is -2.42. The van der Waals surface area contributed by atoms with Crippen LogP contribution in [0.4, 0.5) is 4.79 Å². The van der Waals surface area contributed by atoms with Crippen molar-refractivity contribution in [3.05, 3.63) is 0 Å². The van der Waals surface area contributed by atoms with Crippen molar-refractivity contribution in [2.24, 2.45) is 5.73 Å². The minimum absolute atomic E-state index is 0.0731. The number of carboxylic acids is 1. The normalized spacial score (nSPS) is 9.25. The van der Waals surface area contributed by atoms with Gasteiger partial charge in [0, 0.05) is 12.8 Å². The maximum Gasteiger partial charge on any atom is 0.321 e. The lowest BCUT2D eigenvalue weighted by molar-refractivity contribution is -0.137. The number of rotatable bonds is 6. The van der Waals surface area contributed by atoms with E-state index in [1.54, 1.807) is 0 Å². The zero-order valence-electron chi connectivity index (χ0n) is 8.49. The molecule has 0 saturated heterocycles. The van der Waals surface area contributed by atoms with Crippen LogP contribution in [0.25, 0.3) is 0 Å². The summed E-state index contributed by atoms with van der Waals surface area (Å²) in [6, 6.07) is -0.834. The Hall–Kier alpha value is -2.12. The van der Waals surface area contributed by atoms with Gasteiger partial charge in [-0.1, -0.05) is 0 Å². The van der Waals surface area contributed by atoms with Crippen LogP contribution in [-0.4, -0.2) is 35.5 Å². The zero-order valence-corrected chi connectivity index (χ0v) is 8.49. The minimum Gasteiger partial charge on any atom is -0.481 e. The Morgan fingerprint density at radius 3 is 2.25 bits per heavy atom. The molecule has 0 radical (unpaired) electrons. The van der Waals surface area contributed by atoms with Crippen LogP contribution < -0.4 is 16.4 Å². The van der Waals surface area contributed by atoms with Gasteiger partial charge in [0.25, 0.3) is 0 Å². The van der Waals surface area contributed by atoms with Crippen LogP contribution in [-0.2, 0) is 14.4 Å². The third-order valence-corrected chi connectivity index (χ3v) is 1.47. The maximum absolute atomic E-state index is 11.0. The Bertz CT molecular complexity index is 302. The molecule has 0 fully saturated rings. The van der Waals surface area contributed by atoms with Crippen molar-refractivity contribution in [3.63, 3.8) is 0 Å². The van der Waals surface area contributed by atoms with Gasteiger partial charge in [0.15, 0.2) is 0 Å². The Labute approximate surface area is 91.2 Å². The van der Waals surface area contributed by atoms with Crippen LogP contribution >= 0.6 is 0 Å². The number of carbonyl (C=O) groups is 4. The number of amides is 4. The summed E-state index contributed by atoms with van der Waals surface area (Å²) in [5.74, 6) is -2.34. The van der Waals surface area contributed by atoms with Crippen LogP contribution in [0.2, 0.25) is 0 Å². The minimum atomic E-state index is -1.01. The number of nitrogens with one attached hydrogen (secondary N) is 2. The second-order valence-electron chi connectivity index (χ2n) is 2.94. The summed E-state index contributed by atoms with van der Waals surface area (Å²) in [4.78, 5) is 42.3. The number of carboxylic acid groups (broad SMARTS) is 1. The summed E-state index contributed by atoms with van der Waals surface area (Å²) in [5.41, 5.74) is 4.75.